The first-order valence-corrected chi connectivity index (χ1v) is 11.5. The number of aliphatic imine (C=N–C) groups is 1. The van der Waals surface area contributed by atoms with Gasteiger partial charge in [-0.2, -0.15) is 0 Å². The van der Waals surface area contributed by atoms with Gasteiger partial charge in [0.2, 0.25) is 0 Å². The number of fused-ring (bicyclic) bond motifs is 1. The van der Waals surface area contributed by atoms with Crippen LogP contribution in [0.4, 0.5) is 0 Å². The van der Waals surface area contributed by atoms with Gasteiger partial charge in [-0.05, 0) is 52.1 Å². The average Bonchev–Trinajstić information content (AvgIpc) is 3.36. The van der Waals surface area contributed by atoms with E-state index < -0.39 is 0 Å². The number of guanidine groups is 1. The second-order valence-corrected chi connectivity index (χ2v) is 8.67. The molecule has 1 saturated heterocycles. The fourth-order valence-electron chi connectivity index (χ4n) is 5.25. The first-order valence-electron chi connectivity index (χ1n) is 11.5. The first-order chi connectivity index (χ1) is 13.8. The van der Waals surface area contributed by atoms with E-state index in [1.807, 2.05) is 0 Å². The molecule has 1 aromatic rings. The number of hydrogen-bond acceptors (Lipinski definition) is 4. The highest BCUT2D eigenvalue weighted by atomic mass is 127. The van der Waals surface area contributed by atoms with Crippen molar-refractivity contribution in [3.05, 3.63) is 11.6 Å². The van der Waals surface area contributed by atoms with Crippen LogP contribution in [-0.4, -0.2) is 57.3 Å². The van der Waals surface area contributed by atoms with Gasteiger partial charge in [-0.25, -0.2) is 4.99 Å². The van der Waals surface area contributed by atoms with Crippen LogP contribution in [0.5, 0.6) is 0 Å². The summed E-state index contributed by atoms with van der Waals surface area (Å²) in [5.74, 6) is 3.03. The number of likely N-dealkylation sites (tertiary alicyclic amines) is 1. The normalized spacial score (nSPS) is 22.0. The molecule has 0 spiro atoms. The molecule has 4 rings (SSSR count). The Hall–Kier alpha value is -0.900. The molecule has 0 atom stereocenters. The molecule has 2 N–H and O–H groups in total. The van der Waals surface area contributed by atoms with Crippen molar-refractivity contribution in [3.8, 4) is 0 Å². The van der Waals surface area contributed by atoms with E-state index in [4.69, 9.17) is 4.99 Å². The highest BCUT2D eigenvalue weighted by molar-refractivity contribution is 14.0. The van der Waals surface area contributed by atoms with Crippen LogP contribution in [0.25, 0.3) is 0 Å². The van der Waals surface area contributed by atoms with Crippen molar-refractivity contribution in [3.63, 3.8) is 0 Å². The quantitative estimate of drug-likeness (QED) is 0.346. The number of aryl methyl sites for hydroxylation is 1. The van der Waals surface area contributed by atoms with Crippen molar-refractivity contribution in [2.24, 2.45) is 4.99 Å². The molecule has 0 bridgehead atoms. The van der Waals surface area contributed by atoms with Crippen molar-refractivity contribution in [1.82, 2.24) is 30.3 Å². The standard InChI is InChI=1S/C21H37N7.HI/c1-2-22-20(23-16-19-26-25-18-10-9-15-28(18)19)24-17-21(11-5-3-6-12-21)27-13-7-4-8-14-27;/h2-17H2,1H3,(H2,22,23,24);1H. The van der Waals surface area contributed by atoms with Crippen LogP contribution in [0.1, 0.15) is 76.4 Å². The van der Waals surface area contributed by atoms with E-state index in [1.165, 1.54) is 70.9 Å². The summed E-state index contributed by atoms with van der Waals surface area (Å²) in [7, 11) is 0. The molecule has 1 saturated carbocycles. The molecular formula is C21H38IN7. The zero-order valence-corrected chi connectivity index (χ0v) is 20.3. The maximum absolute atomic E-state index is 4.85. The van der Waals surface area contributed by atoms with E-state index in [9.17, 15) is 0 Å². The maximum atomic E-state index is 4.85. The highest BCUT2D eigenvalue weighted by Gasteiger charge is 2.38. The second kappa shape index (κ2) is 10.9. The van der Waals surface area contributed by atoms with Gasteiger partial charge in [-0.1, -0.05) is 25.7 Å². The summed E-state index contributed by atoms with van der Waals surface area (Å²) < 4.78 is 2.24. The van der Waals surface area contributed by atoms with Gasteiger partial charge < -0.3 is 15.2 Å². The molecule has 3 heterocycles. The summed E-state index contributed by atoms with van der Waals surface area (Å²) >= 11 is 0. The van der Waals surface area contributed by atoms with Crippen molar-refractivity contribution >= 4 is 29.9 Å². The monoisotopic (exact) mass is 515 g/mol. The van der Waals surface area contributed by atoms with Gasteiger partial charge in [0.1, 0.15) is 12.4 Å². The van der Waals surface area contributed by atoms with Crippen molar-refractivity contribution in [2.75, 3.05) is 26.2 Å². The Morgan fingerprint density at radius 3 is 2.48 bits per heavy atom. The van der Waals surface area contributed by atoms with Crippen LogP contribution < -0.4 is 10.6 Å². The summed E-state index contributed by atoms with van der Waals surface area (Å²) in [6, 6.07) is 0. The Morgan fingerprint density at radius 1 is 0.966 bits per heavy atom. The van der Waals surface area contributed by atoms with Gasteiger partial charge >= 0.3 is 0 Å². The zero-order chi connectivity index (χ0) is 19.2. The summed E-state index contributed by atoms with van der Waals surface area (Å²) in [5, 5.41) is 15.8. The van der Waals surface area contributed by atoms with E-state index in [-0.39, 0.29) is 24.0 Å². The largest absolute Gasteiger partial charge is 0.357 e. The minimum atomic E-state index is 0. The van der Waals surface area contributed by atoms with E-state index in [0.29, 0.717) is 12.1 Å². The Bertz CT molecular complexity index is 660. The lowest BCUT2D eigenvalue weighted by atomic mass is 9.79. The molecule has 7 nitrogen and oxygen atoms in total. The molecule has 0 radical (unpaired) electrons. The fourth-order valence-corrected chi connectivity index (χ4v) is 5.25. The van der Waals surface area contributed by atoms with Crippen LogP contribution in [-0.2, 0) is 19.5 Å². The van der Waals surface area contributed by atoms with Gasteiger partial charge in [-0.15, -0.1) is 34.2 Å². The van der Waals surface area contributed by atoms with Crippen LogP contribution in [0, 0.1) is 0 Å². The lowest BCUT2D eigenvalue weighted by Gasteiger charge is -2.48. The molecule has 164 valence electrons. The molecule has 2 fully saturated rings. The molecule has 0 unspecified atom stereocenters. The van der Waals surface area contributed by atoms with E-state index >= 15 is 0 Å². The fraction of sp³-hybridized carbons (Fsp3) is 0.857. The van der Waals surface area contributed by atoms with Gasteiger partial charge in [0.25, 0.3) is 0 Å². The SMILES string of the molecule is CCNC(=NCc1nnc2n1CCC2)NCC1(N2CCCCC2)CCCCC1.I. The summed E-state index contributed by atoms with van der Waals surface area (Å²) in [4.78, 5) is 7.64. The third-order valence-electron chi connectivity index (χ3n) is 6.80. The number of hydrogen-bond donors (Lipinski definition) is 2. The molecule has 8 heteroatoms. The Morgan fingerprint density at radius 2 is 1.72 bits per heavy atom. The van der Waals surface area contributed by atoms with Crippen LogP contribution in [0.3, 0.4) is 0 Å². The lowest BCUT2D eigenvalue weighted by Crippen LogP contribution is -2.59. The number of aromatic nitrogens is 3. The van der Waals surface area contributed by atoms with E-state index in [0.717, 1.165) is 43.7 Å². The highest BCUT2D eigenvalue weighted by Crippen LogP contribution is 2.35. The molecule has 29 heavy (non-hydrogen) atoms. The molecule has 3 aliphatic rings. The van der Waals surface area contributed by atoms with Crippen LogP contribution in [0.15, 0.2) is 4.99 Å². The predicted octanol–water partition coefficient (Wildman–Crippen LogP) is 3.09. The van der Waals surface area contributed by atoms with Crippen LogP contribution in [0.2, 0.25) is 0 Å². The van der Waals surface area contributed by atoms with E-state index in [1.54, 1.807) is 0 Å². The molecule has 0 amide bonds. The van der Waals surface area contributed by atoms with Crippen molar-refractivity contribution < 1.29 is 0 Å². The van der Waals surface area contributed by atoms with Crippen molar-refractivity contribution in [1.29, 1.82) is 0 Å². The first kappa shape index (κ1) is 22.8. The third kappa shape index (κ3) is 5.42. The topological polar surface area (TPSA) is 70.4 Å². The Kier molecular flexibility index (Phi) is 8.58. The van der Waals surface area contributed by atoms with Gasteiger partial charge in [0.15, 0.2) is 11.8 Å². The second-order valence-electron chi connectivity index (χ2n) is 8.67. The molecule has 2 aliphatic heterocycles. The summed E-state index contributed by atoms with van der Waals surface area (Å²) in [6.07, 6.45) is 13.1. The van der Waals surface area contributed by atoms with Crippen LogP contribution >= 0.6 is 24.0 Å². The van der Waals surface area contributed by atoms with Gasteiger partial charge in [-0.3, -0.25) is 4.90 Å². The van der Waals surface area contributed by atoms with E-state index in [2.05, 4.69) is 37.2 Å². The number of rotatable bonds is 6. The molecular weight excluding hydrogens is 477 g/mol. The van der Waals surface area contributed by atoms with Gasteiger partial charge in [0, 0.05) is 31.6 Å². The molecule has 1 aliphatic carbocycles. The molecule has 1 aromatic heterocycles. The Labute approximate surface area is 192 Å². The predicted molar refractivity (Wildman–Crippen MR) is 128 cm³/mol. The number of nitrogens with zero attached hydrogens (tertiary/aromatic N) is 5. The maximum Gasteiger partial charge on any atom is 0.191 e. The Balaban J connectivity index is 0.00000240. The zero-order valence-electron chi connectivity index (χ0n) is 18.0. The number of piperidine rings is 1. The average molecular weight is 515 g/mol. The minimum absolute atomic E-state index is 0. The molecule has 0 aromatic carbocycles. The minimum Gasteiger partial charge on any atom is -0.357 e. The summed E-state index contributed by atoms with van der Waals surface area (Å²) in [6.45, 7) is 8.17. The third-order valence-corrected chi connectivity index (χ3v) is 6.80. The lowest BCUT2D eigenvalue weighted by molar-refractivity contribution is 0.0368. The number of nitrogens with one attached hydrogen (secondary N) is 2. The number of halogens is 1. The van der Waals surface area contributed by atoms with Crippen molar-refractivity contribution in [2.45, 2.75) is 89.8 Å². The smallest absolute Gasteiger partial charge is 0.191 e. The van der Waals surface area contributed by atoms with Gasteiger partial charge in [0.05, 0.1) is 0 Å². The summed E-state index contributed by atoms with van der Waals surface area (Å²) in [5.41, 5.74) is 0.310.